The van der Waals surface area contributed by atoms with E-state index in [9.17, 15) is 4.79 Å². The number of amides is 1. The van der Waals surface area contributed by atoms with Crippen molar-refractivity contribution < 1.29 is 9.53 Å². The summed E-state index contributed by atoms with van der Waals surface area (Å²) in [5.41, 5.74) is 0.754. The number of carbonyl (C=O) groups is 1. The van der Waals surface area contributed by atoms with E-state index in [4.69, 9.17) is 4.74 Å². The first-order valence-electron chi connectivity index (χ1n) is 7.22. The Morgan fingerprint density at radius 3 is 2.60 bits per heavy atom. The number of nitrogens with zero attached hydrogens (tertiary/aromatic N) is 1. The van der Waals surface area contributed by atoms with Gasteiger partial charge in [-0.15, -0.1) is 0 Å². The Balaban J connectivity index is 1.81. The largest absolute Gasteiger partial charge is 0.497 e. The standard InChI is InChI=1S/C16H21NO2S/c1-19-14-5-3-4-11(8-14)16(18)17-12-6-7-13(17)10-15(9-12)20-2/h3-5,8,12-13,15H,6-7,9-10H2,1-2H3. The Bertz CT molecular complexity index is 491. The molecule has 20 heavy (non-hydrogen) atoms. The van der Waals surface area contributed by atoms with Gasteiger partial charge in [-0.25, -0.2) is 0 Å². The van der Waals surface area contributed by atoms with Gasteiger partial charge in [0.2, 0.25) is 0 Å². The van der Waals surface area contributed by atoms with Crippen molar-refractivity contribution in [2.24, 2.45) is 0 Å². The number of carbonyl (C=O) groups excluding carboxylic acids is 1. The molecule has 2 unspecified atom stereocenters. The molecule has 3 rings (SSSR count). The number of methoxy groups -OCH3 is 1. The molecule has 0 radical (unpaired) electrons. The van der Waals surface area contributed by atoms with Crippen molar-refractivity contribution in [3.05, 3.63) is 29.8 Å². The molecule has 0 saturated carbocycles. The molecule has 0 aromatic heterocycles. The number of hydrogen-bond acceptors (Lipinski definition) is 3. The number of rotatable bonds is 3. The molecule has 2 atom stereocenters. The van der Waals surface area contributed by atoms with Crippen molar-refractivity contribution >= 4 is 17.7 Å². The summed E-state index contributed by atoms with van der Waals surface area (Å²) in [5.74, 6) is 0.929. The minimum atomic E-state index is 0.177. The van der Waals surface area contributed by atoms with E-state index in [2.05, 4.69) is 11.2 Å². The van der Waals surface area contributed by atoms with Gasteiger partial charge in [0.15, 0.2) is 0 Å². The molecule has 2 aliphatic rings. The molecular formula is C16H21NO2S. The molecule has 2 heterocycles. The SMILES string of the molecule is COc1cccc(C(=O)N2C3CCC2CC(SC)C3)c1. The van der Waals surface area contributed by atoms with E-state index in [0.717, 1.165) is 42.2 Å². The molecule has 0 aliphatic carbocycles. The number of piperidine rings is 1. The van der Waals surface area contributed by atoms with Gasteiger partial charge in [-0.1, -0.05) is 6.07 Å². The lowest BCUT2D eigenvalue weighted by molar-refractivity contribution is 0.0601. The third-order valence-corrected chi connectivity index (χ3v) is 5.63. The summed E-state index contributed by atoms with van der Waals surface area (Å²) < 4.78 is 5.22. The fourth-order valence-electron chi connectivity index (χ4n) is 3.56. The zero-order chi connectivity index (χ0) is 14.1. The topological polar surface area (TPSA) is 29.5 Å². The highest BCUT2D eigenvalue weighted by Crippen LogP contribution is 2.40. The Hall–Kier alpha value is -1.16. The van der Waals surface area contributed by atoms with Gasteiger partial charge in [0.25, 0.3) is 5.91 Å². The molecule has 3 nitrogen and oxygen atoms in total. The number of benzene rings is 1. The van der Waals surface area contributed by atoms with Crippen LogP contribution in [0.4, 0.5) is 0 Å². The first kappa shape index (κ1) is 13.8. The lowest BCUT2D eigenvalue weighted by atomic mass is 10.0. The predicted molar refractivity (Wildman–Crippen MR) is 82.5 cm³/mol. The zero-order valence-corrected chi connectivity index (χ0v) is 12.9. The second-order valence-corrected chi connectivity index (χ2v) is 6.80. The van der Waals surface area contributed by atoms with Gasteiger partial charge in [0.05, 0.1) is 7.11 Å². The predicted octanol–water partition coefficient (Wildman–Crippen LogP) is 3.19. The van der Waals surface area contributed by atoms with Crippen LogP contribution in [0.1, 0.15) is 36.0 Å². The van der Waals surface area contributed by atoms with Crippen LogP contribution in [-0.2, 0) is 0 Å². The maximum absolute atomic E-state index is 12.8. The molecule has 2 bridgehead atoms. The second-order valence-electron chi connectivity index (χ2n) is 5.66. The summed E-state index contributed by atoms with van der Waals surface area (Å²) in [6, 6.07) is 8.39. The van der Waals surface area contributed by atoms with Crippen molar-refractivity contribution in [1.82, 2.24) is 4.90 Å². The van der Waals surface area contributed by atoms with Crippen LogP contribution in [0.2, 0.25) is 0 Å². The van der Waals surface area contributed by atoms with Crippen molar-refractivity contribution in [1.29, 1.82) is 0 Å². The lowest BCUT2D eigenvalue weighted by Crippen LogP contribution is -2.47. The van der Waals surface area contributed by atoms with Crippen molar-refractivity contribution in [3.8, 4) is 5.75 Å². The van der Waals surface area contributed by atoms with Gasteiger partial charge in [-0.3, -0.25) is 4.79 Å². The van der Waals surface area contributed by atoms with Gasteiger partial charge in [0, 0.05) is 22.9 Å². The molecule has 1 aromatic rings. The third-order valence-electron chi connectivity index (χ3n) is 4.57. The molecule has 108 valence electrons. The zero-order valence-electron chi connectivity index (χ0n) is 12.0. The normalized spacial score (nSPS) is 28.5. The van der Waals surface area contributed by atoms with E-state index < -0.39 is 0 Å². The number of hydrogen-bond donors (Lipinski definition) is 0. The average Bonchev–Trinajstić information content (AvgIpc) is 2.76. The minimum Gasteiger partial charge on any atom is -0.497 e. The number of ether oxygens (including phenoxy) is 1. The fraction of sp³-hybridized carbons (Fsp3) is 0.562. The van der Waals surface area contributed by atoms with Crippen LogP contribution in [0.25, 0.3) is 0 Å². The van der Waals surface area contributed by atoms with Crippen LogP contribution in [0.15, 0.2) is 24.3 Å². The maximum Gasteiger partial charge on any atom is 0.254 e. The van der Waals surface area contributed by atoms with Gasteiger partial charge in [-0.2, -0.15) is 11.8 Å². The Labute approximate surface area is 124 Å². The van der Waals surface area contributed by atoms with Gasteiger partial charge < -0.3 is 9.64 Å². The summed E-state index contributed by atoms with van der Waals surface area (Å²) >= 11 is 1.95. The first-order valence-corrected chi connectivity index (χ1v) is 8.51. The van der Waals surface area contributed by atoms with E-state index in [1.165, 1.54) is 0 Å². The van der Waals surface area contributed by atoms with E-state index >= 15 is 0 Å². The molecule has 0 N–H and O–H groups in total. The Morgan fingerprint density at radius 1 is 1.30 bits per heavy atom. The van der Waals surface area contributed by atoms with Crippen molar-refractivity contribution in [2.45, 2.75) is 43.0 Å². The minimum absolute atomic E-state index is 0.177. The molecule has 2 saturated heterocycles. The van der Waals surface area contributed by atoms with Crippen LogP contribution in [0, 0.1) is 0 Å². The van der Waals surface area contributed by atoms with Crippen LogP contribution in [0.3, 0.4) is 0 Å². The van der Waals surface area contributed by atoms with Crippen LogP contribution in [0.5, 0.6) is 5.75 Å². The molecule has 1 amide bonds. The Morgan fingerprint density at radius 2 is 2.00 bits per heavy atom. The van der Waals surface area contributed by atoms with Gasteiger partial charge in [-0.05, 0) is 50.1 Å². The maximum atomic E-state index is 12.8. The fourth-order valence-corrected chi connectivity index (χ4v) is 4.39. The second kappa shape index (κ2) is 5.68. The van der Waals surface area contributed by atoms with Crippen molar-refractivity contribution in [2.75, 3.05) is 13.4 Å². The van der Waals surface area contributed by atoms with Crippen molar-refractivity contribution in [3.63, 3.8) is 0 Å². The summed E-state index contributed by atoms with van der Waals surface area (Å²) in [6.45, 7) is 0. The van der Waals surface area contributed by atoms with Crippen LogP contribution in [-0.4, -0.2) is 41.5 Å². The monoisotopic (exact) mass is 291 g/mol. The summed E-state index contributed by atoms with van der Waals surface area (Å²) in [5, 5.41) is 0.724. The van der Waals surface area contributed by atoms with Gasteiger partial charge in [0.1, 0.15) is 5.75 Å². The van der Waals surface area contributed by atoms with Crippen LogP contribution < -0.4 is 4.74 Å². The van der Waals surface area contributed by atoms with E-state index in [-0.39, 0.29) is 5.91 Å². The highest BCUT2D eigenvalue weighted by molar-refractivity contribution is 7.99. The number of thioether (sulfide) groups is 1. The number of fused-ring (bicyclic) bond motifs is 2. The smallest absolute Gasteiger partial charge is 0.254 e. The third kappa shape index (κ3) is 2.41. The molecule has 2 fully saturated rings. The molecular weight excluding hydrogens is 270 g/mol. The van der Waals surface area contributed by atoms with Crippen LogP contribution >= 0.6 is 11.8 Å². The van der Waals surface area contributed by atoms with Gasteiger partial charge >= 0.3 is 0 Å². The molecule has 2 aliphatic heterocycles. The van der Waals surface area contributed by atoms with E-state index in [1.54, 1.807) is 7.11 Å². The lowest BCUT2D eigenvalue weighted by Gasteiger charge is -2.38. The first-order chi connectivity index (χ1) is 9.72. The molecule has 0 spiro atoms. The summed E-state index contributed by atoms with van der Waals surface area (Å²) in [4.78, 5) is 14.9. The van der Waals surface area contributed by atoms with E-state index in [1.807, 2.05) is 36.0 Å². The molecule has 1 aromatic carbocycles. The molecule has 4 heteroatoms. The average molecular weight is 291 g/mol. The summed E-state index contributed by atoms with van der Waals surface area (Å²) in [6.07, 6.45) is 6.80. The summed E-state index contributed by atoms with van der Waals surface area (Å²) in [7, 11) is 1.64. The Kier molecular flexibility index (Phi) is 3.92. The van der Waals surface area contributed by atoms with E-state index in [0.29, 0.717) is 12.1 Å². The highest BCUT2D eigenvalue weighted by Gasteiger charge is 2.43. The highest BCUT2D eigenvalue weighted by atomic mass is 32.2. The quantitative estimate of drug-likeness (QED) is 0.856.